The zero-order valence-corrected chi connectivity index (χ0v) is 16.2. The highest BCUT2D eigenvalue weighted by Gasteiger charge is 2.06. The zero-order chi connectivity index (χ0) is 18.6. The van der Waals surface area contributed by atoms with E-state index >= 15 is 0 Å². The molecular formula is C20H32N6. The monoisotopic (exact) mass is 356 g/mol. The van der Waals surface area contributed by atoms with Crippen LogP contribution >= 0.6 is 0 Å². The van der Waals surface area contributed by atoms with E-state index in [1.54, 1.807) is 0 Å². The van der Waals surface area contributed by atoms with Gasteiger partial charge in [-0.15, -0.1) is 0 Å². The van der Waals surface area contributed by atoms with Gasteiger partial charge in [0.2, 0.25) is 0 Å². The molecule has 26 heavy (non-hydrogen) atoms. The summed E-state index contributed by atoms with van der Waals surface area (Å²) >= 11 is 0. The van der Waals surface area contributed by atoms with Crippen molar-refractivity contribution in [1.82, 2.24) is 20.4 Å². The summed E-state index contributed by atoms with van der Waals surface area (Å²) in [7, 11) is 1.82. The zero-order valence-electron chi connectivity index (χ0n) is 16.2. The van der Waals surface area contributed by atoms with E-state index in [1.807, 2.05) is 30.2 Å². The van der Waals surface area contributed by atoms with Crippen LogP contribution in [0.4, 0.5) is 5.69 Å². The van der Waals surface area contributed by atoms with Crippen LogP contribution in [0.2, 0.25) is 0 Å². The lowest BCUT2D eigenvalue weighted by molar-refractivity contribution is 0.443. The molecule has 0 saturated heterocycles. The van der Waals surface area contributed by atoms with Gasteiger partial charge < -0.3 is 15.5 Å². The van der Waals surface area contributed by atoms with Crippen LogP contribution in [0, 0.1) is 5.92 Å². The minimum atomic E-state index is 0.474. The number of para-hydroxylation sites is 1. The predicted molar refractivity (Wildman–Crippen MR) is 110 cm³/mol. The Morgan fingerprint density at radius 2 is 2.04 bits per heavy atom. The second-order valence-electron chi connectivity index (χ2n) is 6.48. The fourth-order valence-electron chi connectivity index (χ4n) is 2.87. The summed E-state index contributed by atoms with van der Waals surface area (Å²) in [5.74, 6) is 1.34. The number of hydrogen-bond acceptors (Lipinski definition) is 3. The van der Waals surface area contributed by atoms with Crippen molar-refractivity contribution in [3.05, 3.63) is 48.8 Å². The number of anilines is 1. The summed E-state index contributed by atoms with van der Waals surface area (Å²) in [6, 6.07) is 12.5. The van der Waals surface area contributed by atoms with Crippen molar-refractivity contribution in [2.45, 2.75) is 26.8 Å². The van der Waals surface area contributed by atoms with Crippen LogP contribution in [0.15, 0.2) is 53.8 Å². The van der Waals surface area contributed by atoms with Gasteiger partial charge in [0.05, 0.1) is 0 Å². The molecule has 0 aliphatic heterocycles. The first-order valence-corrected chi connectivity index (χ1v) is 9.44. The van der Waals surface area contributed by atoms with Crippen molar-refractivity contribution in [2.75, 3.05) is 38.1 Å². The average Bonchev–Trinajstić information content (AvgIpc) is 3.18. The van der Waals surface area contributed by atoms with E-state index < -0.39 is 0 Å². The fourth-order valence-corrected chi connectivity index (χ4v) is 2.87. The standard InChI is InChI=1S/C20H32N6/c1-4-25(19-10-6-5-7-11-19)14-8-12-22-20(21-3)23-16-18(2)17-26-15-9-13-24-26/h5-7,9-11,13,15,18H,4,8,12,14,16-17H2,1-3H3,(H2,21,22,23). The normalized spacial score (nSPS) is 12.7. The first-order valence-electron chi connectivity index (χ1n) is 9.44. The van der Waals surface area contributed by atoms with Gasteiger partial charge in [-0.05, 0) is 37.5 Å². The molecule has 2 aromatic rings. The maximum Gasteiger partial charge on any atom is 0.190 e. The number of aromatic nitrogens is 2. The van der Waals surface area contributed by atoms with Gasteiger partial charge in [0.1, 0.15) is 0 Å². The van der Waals surface area contributed by atoms with Crippen LogP contribution in [-0.4, -0.2) is 49.0 Å². The van der Waals surface area contributed by atoms with E-state index in [9.17, 15) is 0 Å². The molecule has 0 aliphatic carbocycles. The van der Waals surface area contributed by atoms with Crippen molar-refractivity contribution in [3.63, 3.8) is 0 Å². The molecule has 1 aromatic heterocycles. The van der Waals surface area contributed by atoms with Crippen molar-refractivity contribution in [2.24, 2.45) is 10.9 Å². The van der Waals surface area contributed by atoms with Gasteiger partial charge in [-0.25, -0.2) is 0 Å². The molecule has 6 nitrogen and oxygen atoms in total. The molecule has 1 atom stereocenters. The van der Waals surface area contributed by atoms with E-state index in [1.165, 1.54) is 5.69 Å². The van der Waals surface area contributed by atoms with Crippen molar-refractivity contribution in [1.29, 1.82) is 0 Å². The molecule has 0 fully saturated rings. The summed E-state index contributed by atoms with van der Waals surface area (Å²) in [6.07, 6.45) is 4.87. The van der Waals surface area contributed by atoms with E-state index in [2.05, 4.69) is 69.8 Å². The van der Waals surface area contributed by atoms with Gasteiger partial charge in [0, 0.05) is 57.9 Å². The van der Waals surface area contributed by atoms with Crippen LogP contribution < -0.4 is 15.5 Å². The third kappa shape index (κ3) is 6.78. The summed E-state index contributed by atoms with van der Waals surface area (Å²) in [5.41, 5.74) is 1.28. The summed E-state index contributed by atoms with van der Waals surface area (Å²) in [5, 5.41) is 11.1. The predicted octanol–water partition coefficient (Wildman–Crippen LogP) is 2.60. The summed E-state index contributed by atoms with van der Waals surface area (Å²) < 4.78 is 1.96. The second-order valence-corrected chi connectivity index (χ2v) is 6.48. The van der Waals surface area contributed by atoms with Crippen LogP contribution in [0.5, 0.6) is 0 Å². The second kappa shape index (κ2) is 11.2. The number of hydrogen-bond donors (Lipinski definition) is 2. The van der Waals surface area contributed by atoms with E-state index in [0.29, 0.717) is 5.92 Å². The third-order valence-corrected chi connectivity index (χ3v) is 4.30. The largest absolute Gasteiger partial charge is 0.372 e. The van der Waals surface area contributed by atoms with Gasteiger partial charge >= 0.3 is 0 Å². The molecule has 0 bridgehead atoms. The Labute approximate surface area is 157 Å². The van der Waals surface area contributed by atoms with Crippen LogP contribution in [-0.2, 0) is 6.54 Å². The first kappa shape index (κ1) is 19.8. The van der Waals surface area contributed by atoms with Crippen molar-refractivity contribution in [3.8, 4) is 0 Å². The molecule has 0 aliphatic rings. The molecule has 0 radical (unpaired) electrons. The minimum Gasteiger partial charge on any atom is -0.372 e. The first-order chi connectivity index (χ1) is 12.7. The Hall–Kier alpha value is -2.50. The Morgan fingerprint density at radius 3 is 2.69 bits per heavy atom. The topological polar surface area (TPSA) is 57.5 Å². The van der Waals surface area contributed by atoms with Gasteiger partial charge in [-0.2, -0.15) is 5.10 Å². The maximum absolute atomic E-state index is 4.31. The highest BCUT2D eigenvalue weighted by molar-refractivity contribution is 5.79. The molecular weight excluding hydrogens is 324 g/mol. The molecule has 6 heteroatoms. The highest BCUT2D eigenvalue weighted by Crippen LogP contribution is 2.12. The van der Waals surface area contributed by atoms with Crippen LogP contribution in [0.1, 0.15) is 20.3 Å². The molecule has 0 saturated carbocycles. The smallest absolute Gasteiger partial charge is 0.190 e. The maximum atomic E-state index is 4.31. The number of nitrogens with zero attached hydrogens (tertiary/aromatic N) is 4. The molecule has 2 N–H and O–H groups in total. The van der Waals surface area contributed by atoms with Crippen LogP contribution in [0.3, 0.4) is 0 Å². The highest BCUT2D eigenvalue weighted by atomic mass is 15.3. The number of rotatable bonds is 10. The van der Waals surface area contributed by atoms with E-state index in [-0.39, 0.29) is 0 Å². The Kier molecular flexibility index (Phi) is 8.52. The number of guanidine groups is 1. The summed E-state index contributed by atoms with van der Waals surface area (Å²) in [6.45, 7) is 9.12. The Bertz CT molecular complexity index is 623. The average molecular weight is 357 g/mol. The lowest BCUT2D eigenvalue weighted by Gasteiger charge is -2.23. The minimum absolute atomic E-state index is 0.474. The molecule has 0 spiro atoms. The molecule has 142 valence electrons. The van der Waals surface area contributed by atoms with Crippen molar-refractivity contribution < 1.29 is 0 Å². The SMILES string of the molecule is CCN(CCCNC(=NC)NCC(C)Cn1cccn1)c1ccccc1. The molecule has 0 amide bonds. The summed E-state index contributed by atoms with van der Waals surface area (Å²) in [4.78, 5) is 6.70. The number of aliphatic imine (C=N–C) groups is 1. The van der Waals surface area contributed by atoms with E-state index in [0.717, 1.165) is 45.1 Å². The Balaban J connectivity index is 1.65. The lowest BCUT2D eigenvalue weighted by atomic mass is 10.2. The fraction of sp³-hybridized carbons (Fsp3) is 0.500. The van der Waals surface area contributed by atoms with Gasteiger partial charge in [0.15, 0.2) is 5.96 Å². The molecule has 1 unspecified atom stereocenters. The molecule has 1 aromatic carbocycles. The van der Waals surface area contributed by atoms with Gasteiger partial charge in [0.25, 0.3) is 0 Å². The molecule has 1 heterocycles. The lowest BCUT2D eigenvalue weighted by Crippen LogP contribution is -2.41. The number of benzene rings is 1. The Morgan fingerprint density at radius 1 is 1.23 bits per heavy atom. The quantitative estimate of drug-likeness (QED) is 0.390. The van der Waals surface area contributed by atoms with Crippen LogP contribution in [0.25, 0.3) is 0 Å². The number of nitrogens with one attached hydrogen (secondary N) is 2. The molecule has 2 rings (SSSR count). The van der Waals surface area contributed by atoms with Gasteiger partial charge in [-0.1, -0.05) is 25.1 Å². The van der Waals surface area contributed by atoms with E-state index in [4.69, 9.17) is 0 Å². The third-order valence-electron chi connectivity index (χ3n) is 4.30. The van der Waals surface area contributed by atoms with Crippen molar-refractivity contribution >= 4 is 11.6 Å². The van der Waals surface area contributed by atoms with Gasteiger partial charge in [-0.3, -0.25) is 9.67 Å².